The smallest absolute Gasteiger partial charge is 0.240 e. The first-order chi connectivity index (χ1) is 12.3. The van der Waals surface area contributed by atoms with E-state index in [1.54, 1.807) is 6.20 Å². The first-order valence-electron chi connectivity index (χ1n) is 9.54. The number of anilines is 1. The van der Waals surface area contributed by atoms with Gasteiger partial charge in [-0.2, -0.15) is 5.10 Å². The van der Waals surface area contributed by atoms with Gasteiger partial charge in [0.1, 0.15) is 0 Å². The maximum absolute atomic E-state index is 12.6. The Labute approximate surface area is 150 Å². The zero-order valence-electron chi connectivity index (χ0n) is 15.2. The molecule has 1 N–H and O–H groups in total. The predicted octanol–water partition coefficient (Wildman–Crippen LogP) is 2.34. The first-order valence-corrected chi connectivity index (χ1v) is 9.54. The monoisotopic (exact) mass is 343 g/mol. The van der Waals surface area contributed by atoms with E-state index >= 15 is 0 Å². The molecule has 1 aromatic heterocycles. The third-order valence-corrected chi connectivity index (χ3v) is 5.12. The van der Waals surface area contributed by atoms with Gasteiger partial charge in [0.05, 0.1) is 6.54 Å². The van der Waals surface area contributed by atoms with Crippen molar-refractivity contribution in [3.63, 3.8) is 0 Å². The van der Waals surface area contributed by atoms with E-state index in [0.717, 1.165) is 51.1 Å². The van der Waals surface area contributed by atoms with Crippen LogP contribution in [0.1, 0.15) is 45.4 Å². The topological polar surface area (TPSA) is 61.4 Å². The van der Waals surface area contributed by atoms with Crippen molar-refractivity contribution >= 4 is 11.7 Å². The van der Waals surface area contributed by atoms with Crippen molar-refractivity contribution in [3.8, 4) is 0 Å². The van der Waals surface area contributed by atoms with Gasteiger partial charge in [0.2, 0.25) is 5.91 Å². The van der Waals surface area contributed by atoms with Crippen LogP contribution in [0, 0.1) is 0 Å². The highest BCUT2D eigenvalue weighted by Crippen LogP contribution is 2.23. The van der Waals surface area contributed by atoms with Crippen LogP contribution in [0.25, 0.3) is 0 Å². The molecule has 1 amide bonds. The molecule has 2 heterocycles. The van der Waals surface area contributed by atoms with E-state index in [9.17, 15) is 4.79 Å². The lowest BCUT2D eigenvalue weighted by Crippen LogP contribution is -2.43. The second-order valence-corrected chi connectivity index (χ2v) is 6.78. The second kappa shape index (κ2) is 8.94. The molecule has 1 aliphatic carbocycles. The van der Waals surface area contributed by atoms with E-state index in [0.29, 0.717) is 12.6 Å². The highest BCUT2D eigenvalue weighted by Gasteiger charge is 2.26. The molecule has 1 saturated heterocycles. The van der Waals surface area contributed by atoms with Gasteiger partial charge < -0.3 is 15.1 Å². The molecule has 1 fully saturated rings. The van der Waals surface area contributed by atoms with Crippen LogP contribution in [-0.2, 0) is 4.79 Å². The standard InChI is InChI=1S/C19H29N5O/c1-2-23(16-8-4-3-5-9-16)19(25)15-20-14-17-10-7-13-24(17)18-11-6-12-21-22-18/h6,8,11-12,17,20H,2-5,7,9-10,13-15H2,1H3. The summed E-state index contributed by atoms with van der Waals surface area (Å²) in [5.74, 6) is 1.11. The van der Waals surface area contributed by atoms with Gasteiger partial charge in [-0.15, -0.1) is 5.10 Å². The largest absolute Gasteiger partial charge is 0.351 e. The number of nitrogens with zero attached hydrogens (tertiary/aromatic N) is 4. The van der Waals surface area contributed by atoms with Crippen LogP contribution in [0.5, 0.6) is 0 Å². The van der Waals surface area contributed by atoms with Crippen molar-refractivity contribution in [3.05, 3.63) is 30.1 Å². The van der Waals surface area contributed by atoms with E-state index in [1.807, 2.05) is 17.0 Å². The Morgan fingerprint density at radius 2 is 2.32 bits per heavy atom. The Morgan fingerprint density at radius 1 is 1.40 bits per heavy atom. The number of nitrogens with one attached hydrogen (secondary N) is 1. The van der Waals surface area contributed by atoms with E-state index in [2.05, 4.69) is 33.4 Å². The van der Waals surface area contributed by atoms with Crippen LogP contribution in [0.3, 0.4) is 0 Å². The van der Waals surface area contributed by atoms with Crippen molar-refractivity contribution in [2.45, 2.75) is 51.5 Å². The molecule has 6 nitrogen and oxygen atoms in total. The summed E-state index contributed by atoms with van der Waals surface area (Å²) >= 11 is 0. The van der Waals surface area contributed by atoms with Crippen LogP contribution in [0.4, 0.5) is 5.82 Å². The first kappa shape index (κ1) is 17.9. The Hall–Kier alpha value is -1.95. The fourth-order valence-corrected chi connectivity index (χ4v) is 3.84. The van der Waals surface area contributed by atoms with Crippen molar-refractivity contribution in [2.24, 2.45) is 0 Å². The van der Waals surface area contributed by atoms with Gasteiger partial charge in [-0.3, -0.25) is 4.79 Å². The Bertz CT molecular complexity index is 589. The van der Waals surface area contributed by atoms with Gasteiger partial charge >= 0.3 is 0 Å². The molecule has 0 radical (unpaired) electrons. The van der Waals surface area contributed by atoms with E-state index in [-0.39, 0.29) is 5.91 Å². The fourth-order valence-electron chi connectivity index (χ4n) is 3.84. The third kappa shape index (κ3) is 4.57. The molecule has 0 saturated carbocycles. The van der Waals surface area contributed by atoms with Crippen molar-refractivity contribution in [2.75, 3.05) is 31.1 Å². The van der Waals surface area contributed by atoms with Crippen LogP contribution >= 0.6 is 0 Å². The van der Waals surface area contributed by atoms with Crippen LogP contribution in [0.15, 0.2) is 30.1 Å². The molecular weight excluding hydrogens is 314 g/mol. The Morgan fingerprint density at radius 3 is 3.04 bits per heavy atom. The third-order valence-electron chi connectivity index (χ3n) is 5.12. The number of aromatic nitrogens is 2. The Balaban J connectivity index is 1.50. The minimum atomic E-state index is 0.180. The molecule has 6 heteroatoms. The molecule has 1 unspecified atom stereocenters. The quantitative estimate of drug-likeness (QED) is 0.823. The lowest BCUT2D eigenvalue weighted by Gasteiger charge is -2.28. The molecule has 0 spiro atoms. The average molecular weight is 343 g/mol. The van der Waals surface area contributed by atoms with Crippen LogP contribution in [-0.4, -0.2) is 53.2 Å². The number of amides is 1. The van der Waals surface area contributed by atoms with Crippen molar-refractivity contribution < 1.29 is 4.79 Å². The Kier molecular flexibility index (Phi) is 6.39. The molecule has 3 rings (SSSR count). The molecule has 2 aliphatic rings. The zero-order valence-corrected chi connectivity index (χ0v) is 15.2. The highest BCUT2D eigenvalue weighted by molar-refractivity contribution is 5.80. The average Bonchev–Trinajstić information content (AvgIpc) is 3.12. The molecular formula is C19H29N5O. The number of hydrogen-bond donors (Lipinski definition) is 1. The molecule has 0 bridgehead atoms. The minimum Gasteiger partial charge on any atom is -0.351 e. The highest BCUT2D eigenvalue weighted by atomic mass is 16.2. The summed E-state index contributed by atoms with van der Waals surface area (Å²) in [5.41, 5.74) is 1.21. The predicted molar refractivity (Wildman–Crippen MR) is 99.2 cm³/mol. The van der Waals surface area contributed by atoms with Crippen molar-refractivity contribution in [1.82, 2.24) is 20.4 Å². The number of carbonyl (C=O) groups excluding carboxylic acids is 1. The van der Waals surface area contributed by atoms with Crippen molar-refractivity contribution in [1.29, 1.82) is 0 Å². The van der Waals surface area contributed by atoms with Gasteiger partial charge in [0.25, 0.3) is 0 Å². The number of carbonyl (C=O) groups is 1. The zero-order chi connectivity index (χ0) is 17.5. The fraction of sp³-hybridized carbons (Fsp3) is 0.632. The minimum absolute atomic E-state index is 0.180. The van der Waals surface area contributed by atoms with E-state index < -0.39 is 0 Å². The van der Waals surface area contributed by atoms with Gasteiger partial charge in [-0.25, -0.2) is 0 Å². The molecule has 1 aliphatic heterocycles. The van der Waals surface area contributed by atoms with Gasteiger partial charge in [0, 0.05) is 37.6 Å². The molecule has 136 valence electrons. The molecule has 1 aromatic rings. The van der Waals surface area contributed by atoms with Gasteiger partial charge in [-0.05, 0) is 57.6 Å². The summed E-state index contributed by atoms with van der Waals surface area (Å²) in [6, 6.07) is 4.31. The summed E-state index contributed by atoms with van der Waals surface area (Å²) in [6.45, 7) is 5.02. The lowest BCUT2D eigenvalue weighted by molar-refractivity contribution is -0.128. The molecule has 25 heavy (non-hydrogen) atoms. The van der Waals surface area contributed by atoms with Crippen LogP contribution < -0.4 is 10.2 Å². The van der Waals surface area contributed by atoms with E-state index in [4.69, 9.17) is 0 Å². The lowest BCUT2D eigenvalue weighted by atomic mass is 10.0. The summed E-state index contributed by atoms with van der Waals surface area (Å²) in [4.78, 5) is 16.8. The van der Waals surface area contributed by atoms with E-state index in [1.165, 1.54) is 18.5 Å². The molecule has 0 aromatic carbocycles. The molecule has 1 atom stereocenters. The summed E-state index contributed by atoms with van der Waals surface area (Å²) in [6.07, 6.45) is 10.8. The summed E-state index contributed by atoms with van der Waals surface area (Å²) in [7, 11) is 0. The number of allylic oxidation sites excluding steroid dienone is 2. The number of likely N-dealkylation sites (N-methyl/N-ethyl adjacent to an activating group) is 1. The van der Waals surface area contributed by atoms with Crippen LogP contribution in [0.2, 0.25) is 0 Å². The maximum atomic E-state index is 12.6. The second-order valence-electron chi connectivity index (χ2n) is 6.78. The summed E-state index contributed by atoms with van der Waals surface area (Å²) < 4.78 is 0. The maximum Gasteiger partial charge on any atom is 0.240 e. The van der Waals surface area contributed by atoms with Gasteiger partial charge in [0.15, 0.2) is 5.82 Å². The SMILES string of the molecule is CCN(C(=O)CNCC1CCCN1c1cccnn1)C1=CCCCC1. The summed E-state index contributed by atoms with van der Waals surface area (Å²) in [5, 5.41) is 11.6. The normalized spacial score (nSPS) is 20.4. The number of rotatable bonds is 7. The van der Waals surface area contributed by atoms with Gasteiger partial charge in [-0.1, -0.05) is 6.08 Å². The number of hydrogen-bond acceptors (Lipinski definition) is 5.